The SMILES string of the molecule is Cc1cc(C)n(-c2cncc(NCCNC(=O)c3cccc(Br)c3)n2)n1. The lowest BCUT2D eigenvalue weighted by molar-refractivity contribution is 0.0955. The zero-order valence-corrected chi connectivity index (χ0v) is 16.1. The van der Waals surface area contributed by atoms with Gasteiger partial charge in [0.25, 0.3) is 5.91 Å². The number of halogens is 1. The number of hydrogen-bond acceptors (Lipinski definition) is 5. The van der Waals surface area contributed by atoms with Crippen LogP contribution in [0.5, 0.6) is 0 Å². The zero-order chi connectivity index (χ0) is 18.5. The van der Waals surface area contributed by atoms with Crippen molar-refractivity contribution in [3.63, 3.8) is 0 Å². The van der Waals surface area contributed by atoms with Gasteiger partial charge in [0.2, 0.25) is 0 Å². The number of carbonyl (C=O) groups excluding carboxylic acids is 1. The van der Waals surface area contributed by atoms with Crippen molar-refractivity contribution in [2.75, 3.05) is 18.4 Å². The van der Waals surface area contributed by atoms with Crippen LogP contribution in [0, 0.1) is 13.8 Å². The molecule has 0 unspecified atom stereocenters. The first-order valence-corrected chi connectivity index (χ1v) is 8.95. The van der Waals surface area contributed by atoms with Crippen molar-refractivity contribution in [3.8, 4) is 5.82 Å². The van der Waals surface area contributed by atoms with E-state index in [0.29, 0.717) is 30.3 Å². The molecule has 3 rings (SSSR count). The van der Waals surface area contributed by atoms with Gasteiger partial charge in [-0.3, -0.25) is 9.78 Å². The van der Waals surface area contributed by atoms with Crippen LogP contribution in [-0.4, -0.2) is 38.7 Å². The Morgan fingerprint density at radius 3 is 2.77 bits per heavy atom. The molecule has 0 saturated carbocycles. The Balaban J connectivity index is 1.55. The van der Waals surface area contributed by atoms with Crippen LogP contribution in [0.4, 0.5) is 5.82 Å². The maximum absolute atomic E-state index is 12.1. The van der Waals surface area contributed by atoms with Crippen LogP contribution in [0.2, 0.25) is 0 Å². The first-order valence-electron chi connectivity index (χ1n) is 8.16. The van der Waals surface area contributed by atoms with Crippen molar-refractivity contribution < 1.29 is 4.79 Å². The number of carbonyl (C=O) groups is 1. The standard InChI is InChI=1S/C18H19BrN6O/c1-12-8-13(2)25(24-12)17-11-20-10-16(23-17)21-6-7-22-18(26)14-4-3-5-15(19)9-14/h3-5,8-11H,6-7H2,1-2H3,(H,21,23)(H,22,26). The van der Waals surface area contributed by atoms with E-state index in [1.54, 1.807) is 29.2 Å². The maximum Gasteiger partial charge on any atom is 0.251 e. The monoisotopic (exact) mass is 414 g/mol. The fraction of sp³-hybridized carbons (Fsp3) is 0.222. The number of rotatable bonds is 6. The number of benzene rings is 1. The van der Waals surface area contributed by atoms with Crippen LogP contribution in [0.15, 0.2) is 47.2 Å². The summed E-state index contributed by atoms with van der Waals surface area (Å²) in [6, 6.07) is 9.26. The number of hydrogen-bond donors (Lipinski definition) is 2. The Kier molecular flexibility index (Phi) is 5.62. The Hall–Kier alpha value is -2.74. The molecular weight excluding hydrogens is 396 g/mol. The summed E-state index contributed by atoms with van der Waals surface area (Å²) in [7, 11) is 0. The third kappa shape index (κ3) is 4.45. The molecule has 1 amide bonds. The molecule has 1 aromatic carbocycles. The minimum absolute atomic E-state index is 0.115. The van der Waals surface area contributed by atoms with Gasteiger partial charge < -0.3 is 10.6 Å². The Morgan fingerprint density at radius 1 is 1.19 bits per heavy atom. The number of aromatic nitrogens is 4. The van der Waals surface area contributed by atoms with Crippen molar-refractivity contribution in [1.29, 1.82) is 0 Å². The lowest BCUT2D eigenvalue weighted by Crippen LogP contribution is -2.28. The van der Waals surface area contributed by atoms with E-state index < -0.39 is 0 Å². The summed E-state index contributed by atoms with van der Waals surface area (Å²) < 4.78 is 2.63. The van der Waals surface area contributed by atoms with E-state index in [9.17, 15) is 4.79 Å². The average molecular weight is 415 g/mol. The molecule has 0 bridgehead atoms. The summed E-state index contributed by atoms with van der Waals surface area (Å²) >= 11 is 3.36. The van der Waals surface area contributed by atoms with Gasteiger partial charge in [-0.15, -0.1) is 0 Å². The molecule has 26 heavy (non-hydrogen) atoms. The Labute approximate surface area is 160 Å². The molecule has 0 aliphatic rings. The Morgan fingerprint density at radius 2 is 2.04 bits per heavy atom. The van der Waals surface area contributed by atoms with Gasteiger partial charge in [0, 0.05) is 28.8 Å². The molecule has 3 aromatic rings. The number of nitrogens with zero attached hydrogens (tertiary/aromatic N) is 4. The lowest BCUT2D eigenvalue weighted by atomic mass is 10.2. The second-order valence-electron chi connectivity index (χ2n) is 5.79. The molecule has 0 atom stereocenters. The van der Waals surface area contributed by atoms with Crippen molar-refractivity contribution in [2.45, 2.75) is 13.8 Å². The molecule has 7 nitrogen and oxygen atoms in total. The number of amides is 1. The van der Waals surface area contributed by atoms with Crippen molar-refractivity contribution in [1.82, 2.24) is 25.1 Å². The quantitative estimate of drug-likeness (QED) is 0.605. The van der Waals surface area contributed by atoms with Gasteiger partial charge in [-0.25, -0.2) is 9.67 Å². The third-order valence-electron chi connectivity index (χ3n) is 3.65. The van der Waals surface area contributed by atoms with Gasteiger partial charge in [-0.1, -0.05) is 22.0 Å². The van der Waals surface area contributed by atoms with Crippen LogP contribution < -0.4 is 10.6 Å². The van der Waals surface area contributed by atoms with Crippen molar-refractivity contribution >= 4 is 27.7 Å². The molecule has 0 fully saturated rings. The molecule has 8 heteroatoms. The summed E-state index contributed by atoms with van der Waals surface area (Å²) in [6.45, 7) is 4.92. The minimum Gasteiger partial charge on any atom is -0.367 e. The van der Waals surface area contributed by atoms with Crippen LogP contribution in [0.25, 0.3) is 5.82 Å². The maximum atomic E-state index is 12.1. The molecule has 0 spiro atoms. The van der Waals surface area contributed by atoms with Gasteiger partial charge >= 0.3 is 0 Å². The third-order valence-corrected chi connectivity index (χ3v) is 4.15. The van der Waals surface area contributed by atoms with Crippen molar-refractivity contribution in [3.05, 3.63) is 64.1 Å². The van der Waals surface area contributed by atoms with Gasteiger partial charge in [0.15, 0.2) is 5.82 Å². The lowest BCUT2D eigenvalue weighted by Gasteiger charge is -2.09. The first-order chi connectivity index (χ1) is 12.5. The second kappa shape index (κ2) is 8.09. The van der Waals surface area contributed by atoms with E-state index in [1.165, 1.54) is 0 Å². The van der Waals surface area contributed by atoms with E-state index in [4.69, 9.17) is 0 Å². The van der Waals surface area contributed by atoms with Crippen LogP contribution in [-0.2, 0) is 0 Å². The van der Waals surface area contributed by atoms with E-state index in [2.05, 4.69) is 41.6 Å². The van der Waals surface area contributed by atoms with Crippen LogP contribution in [0.1, 0.15) is 21.7 Å². The summed E-state index contributed by atoms with van der Waals surface area (Å²) in [5.41, 5.74) is 2.54. The summed E-state index contributed by atoms with van der Waals surface area (Å²) in [4.78, 5) is 20.8. The van der Waals surface area contributed by atoms with Gasteiger partial charge in [0.1, 0.15) is 5.82 Å². The molecule has 0 aliphatic heterocycles. The van der Waals surface area contributed by atoms with E-state index >= 15 is 0 Å². The Bertz CT molecular complexity index is 924. The van der Waals surface area contributed by atoms with Crippen LogP contribution >= 0.6 is 15.9 Å². The second-order valence-corrected chi connectivity index (χ2v) is 6.71. The molecule has 2 heterocycles. The normalized spacial score (nSPS) is 10.6. The first kappa shape index (κ1) is 18.1. The largest absolute Gasteiger partial charge is 0.367 e. The zero-order valence-electron chi connectivity index (χ0n) is 14.5. The average Bonchev–Trinajstić information content (AvgIpc) is 2.97. The smallest absolute Gasteiger partial charge is 0.251 e. The molecule has 0 aliphatic carbocycles. The molecule has 2 aromatic heterocycles. The number of nitrogens with one attached hydrogen (secondary N) is 2. The fourth-order valence-electron chi connectivity index (χ4n) is 2.50. The summed E-state index contributed by atoms with van der Waals surface area (Å²) in [5, 5.41) is 10.4. The minimum atomic E-state index is -0.115. The fourth-order valence-corrected chi connectivity index (χ4v) is 2.90. The van der Waals surface area contributed by atoms with E-state index in [-0.39, 0.29) is 5.91 Å². The van der Waals surface area contributed by atoms with E-state index in [0.717, 1.165) is 15.9 Å². The topological polar surface area (TPSA) is 84.7 Å². The number of anilines is 1. The number of aryl methyl sites for hydroxylation is 2. The predicted molar refractivity (Wildman–Crippen MR) is 104 cm³/mol. The predicted octanol–water partition coefficient (Wildman–Crippen LogP) is 2.88. The molecule has 0 saturated heterocycles. The van der Waals surface area contributed by atoms with Gasteiger partial charge in [-0.05, 0) is 38.1 Å². The van der Waals surface area contributed by atoms with Crippen LogP contribution in [0.3, 0.4) is 0 Å². The van der Waals surface area contributed by atoms with Gasteiger partial charge in [0.05, 0.1) is 18.1 Å². The summed E-state index contributed by atoms with van der Waals surface area (Å²) in [5.74, 6) is 1.17. The molecule has 134 valence electrons. The summed E-state index contributed by atoms with van der Waals surface area (Å²) in [6.07, 6.45) is 3.31. The highest BCUT2D eigenvalue weighted by molar-refractivity contribution is 9.10. The molecule has 2 N–H and O–H groups in total. The molecule has 0 radical (unpaired) electrons. The molecular formula is C18H19BrN6O. The van der Waals surface area contributed by atoms with Crippen molar-refractivity contribution in [2.24, 2.45) is 0 Å². The van der Waals surface area contributed by atoms with Gasteiger partial charge in [-0.2, -0.15) is 5.10 Å². The highest BCUT2D eigenvalue weighted by Gasteiger charge is 2.07. The van der Waals surface area contributed by atoms with E-state index in [1.807, 2.05) is 32.0 Å². The highest BCUT2D eigenvalue weighted by atomic mass is 79.9. The highest BCUT2D eigenvalue weighted by Crippen LogP contribution is 2.12.